The molecule has 3 N–H and O–H groups in total. The molecule has 0 fully saturated rings. The summed E-state index contributed by atoms with van der Waals surface area (Å²) in [4.78, 5) is 15.9. The van der Waals surface area contributed by atoms with Crippen LogP contribution >= 0.6 is 11.8 Å². The minimum Gasteiger partial charge on any atom is -0.480 e. The van der Waals surface area contributed by atoms with Gasteiger partial charge in [-0.1, -0.05) is 42.1 Å². The van der Waals surface area contributed by atoms with E-state index in [4.69, 9.17) is 5.73 Å². The van der Waals surface area contributed by atoms with Crippen LogP contribution in [-0.2, 0) is 4.79 Å². The topological polar surface area (TPSA) is 76.2 Å². The first-order valence-corrected chi connectivity index (χ1v) is 7.05. The maximum Gasteiger partial charge on any atom is 0.321 e. The summed E-state index contributed by atoms with van der Waals surface area (Å²) < 4.78 is 0. The summed E-state index contributed by atoms with van der Waals surface area (Å²) in [6, 6.07) is 11.0. The molecule has 104 valence electrons. The lowest BCUT2D eigenvalue weighted by atomic mass is 10.1. The van der Waals surface area contributed by atoms with E-state index in [2.05, 4.69) is 4.98 Å². The smallest absolute Gasteiger partial charge is 0.321 e. The Morgan fingerprint density at radius 3 is 2.55 bits per heavy atom. The lowest BCUT2D eigenvalue weighted by Crippen LogP contribution is -2.09. The molecule has 20 heavy (non-hydrogen) atoms. The number of nitrogens with two attached hydrogens (primary N) is 1. The number of aromatic nitrogens is 1. The number of rotatable bonds is 4. The maximum absolute atomic E-state index is 11.5. The SMILES string of the molecule is Cc1cc(C)c(N)c(SC(C(=O)O)c2ccccc2)n1. The molecule has 0 saturated carbocycles. The molecule has 0 bridgehead atoms. The van der Waals surface area contributed by atoms with Crippen LogP contribution in [0.1, 0.15) is 22.1 Å². The molecule has 4 nitrogen and oxygen atoms in total. The Kier molecular flexibility index (Phi) is 4.29. The number of hydrogen-bond donors (Lipinski definition) is 2. The summed E-state index contributed by atoms with van der Waals surface area (Å²) in [7, 11) is 0. The molecule has 0 amide bonds. The Bertz CT molecular complexity index is 629. The third-order valence-electron chi connectivity index (χ3n) is 2.91. The van der Waals surface area contributed by atoms with Gasteiger partial charge in [-0.3, -0.25) is 4.79 Å². The molecular weight excluding hydrogens is 272 g/mol. The van der Waals surface area contributed by atoms with Crippen LogP contribution in [0.15, 0.2) is 41.4 Å². The van der Waals surface area contributed by atoms with Crippen LogP contribution in [-0.4, -0.2) is 16.1 Å². The zero-order valence-corrected chi connectivity index (χ0v) is 12.1. The van der Waals surface area contributed by atoms with E-state index >= 15 is 0 Å². The van der Waals surface area contributed by atoms with Gasteiger partial charge in [-0.2, -0.15) is 0 Å². The number of nitrogens with zero attached hydrogens (tertiary/aromatic N) is 1. The molecule has 0 aliphatic heterocycles. The van der Waals surface area contributed by atoms with E-state index in [9.17, 15) is 9.90 Å². The highest BCUT2D eigenvalue weighted by Gasteiger charge is 2.23. The fourth-order valence-electron chi connectivity index (χ4n) is 1.90. The lowest BCUT2D eigenvalue weighted by molar-refractivity contribution is -0.136. The van der Waals surface area contributed by atoms with Gasteiger partial charge in [0.2, 0.25) is 0 Å². The van der Waals surface area contributed by atoms with Gasteiger partial charge in [0, 0.05) is 5.69 Å². The number of carboxylic acids is 1. The van der Waals surface area contributed by atoms with E-state index in [1.54, 1.807) is 12.1 Å². The number of carboxylic acid groups (broad SMARTS) is 1. The standard InChI is InChI=1S/C15H16N2O2S/c1-9-8-10(2)17-14(12(9)16)20-13(15(18)19)11-6-4-3-5-7-11/h3-8,13H,16H2,1-2H3,(H,18,19). The van der Waals surface area contributed by atoms with Crippen molar-refractivity contribution in [1.29, 1.82) is 0 Å². The zero-order chi connectivity index (χ0) is 14.7. The second kappa shape index (κ2) is 5.96. The molecule has 1 atom stereocenters. The first-order valence-electron chi connectivity index (χ1n) is 6.17. The molecule has 0 radical (unpaired) electrons. The number of aliphatic carboxylic acids is 1. The Morgan fingerprint density at radius 1 is 1.30 bits per heavy atom. The average molecular weight is 288 g/mol. The van der Waals surface area contributed by atoms with Gasteiger partial charge in [0.1, 0.15) is 10.3 Å². The highest BCUT2D eigenvalue weighted by Crippen LogP contribution is 2.38. The number of benzene rings is 1. The average Bonchev–Trinajstić information content (AvgIpc) is 2.41. The second-order valence-electron chi connectivity index (χ2n) is 4.55. The number of carbonyl (C=O) groups is 1. The molecule has 0 aliphatic rings. The van der Waals surface area contributed by atoms with Crippen molar-refractivity contribution in [3.8, 4) is 0 Å². The lowest BCUT2D eigenvalue weighted by Gasteiger charge is -2.14. The quantitative estimate of drug-likeness (QED) is 0.845. The van der Waals surface area contributed by atoms with Crippen molar-refractivity contribution < 1.29 is 9.90 Å². The van der Waals surface area contributed by atoms with Crippen LogP contribution in [0.2, 0.25) is 0 Å². The van der Waals surface area contributed by atoms with Crippen LogP contribution in [0.25, 0.3) is 0 Å². The normalized spacial score (nSPS) is 12.1. The third-order valence-corrected chi connectivity index (χ3v) is 4.16. The van der Waals surface area contributed by atoms with Gasteiger partial charge in [-0.25, -0.2) is 4.98 Å². The first-order chi connectivity index (χ1) is 9.49. The van der Waals surface area contributed by atoms with E-state index in [1.807, 2.05) is 38.1 Å². The van der Waals surface area contributed by atoms with Crippen molar-refractivity contribution in [3.05, 3.63) is 53.2 Å². The van der Waals surface area contributed by atoms with Crippen molar-refractivity contribution in [2.75, 3.05) is 5.73 Å². The largest absolute Gasteiger partial charge is 0.480 e. The van der Waals surface area contributed by atoms with Gasteiger partial charge < -0.3 is 10.8 Å². The van der Waals surface area contributed by atoms with Crippen molar-refractivity contribution in [1.82, 2.24) is 4.98 Å². The van der Waals surface area contributed by atoms with Gasteiger partial charge in [-0.15, -0.1) is 0 Å². The van der Waals surface area contributed by atoms with Crippen molar-refractivity contribution >= 4 is 23.4 Å². The van der Waals surface area contributed by atoms with Crippen LogP contribution in [0, 0.1) is 13.8 Å². The van der Waals surface area contributed by atoms with E-state index in [0.717, 1.165) is 16.8 Å². The Balaban J connectivity index is 2.37. The zero-order valence-electron chi connectivity index (χ0n) is 11.3. The molecule has 1 aromatic carbocycles. The third kappa shape index (κ3) is 3.11. The summed E-state index contributed by atoms with van der Waals surface area (Å²) >= 11 is 1.17. The maximum atomic E-state index is 11.5. The minimum atomic E-state index is -0.901. The molecule has 0 spiro atoms. The van der Waals surface area contributed by atoms with E-state index < -0.39 is 11.2 Å². The van der Waals surface area contributed by atoms with Crippen LogP contribution in [0.3, 0.4) is 0 Å². The predicted molar refractivity (Wildman–Crippen MR) is 80.8 cm³/mol. The molecule has 1 aromatic heterocycles. The Morgan fingerprint density at radius 2 is 1.95 bits per heavy atom. The molecule has 5 heteroatoms. The van der Waals surface area contributed by atoms with E-state index in [1.165, 1.54) is 11.8 Å². The molecule has 1 heterocycles. The van der Waals surface area contributed by atoms with Crippen molar-refractivity contribution in [2.24, 2.45) is 0 Å². The van der Waals surface area contributed by atoms with E-state index in [0.29, 0.717) is 10.7 Å². The minimum absolute atomic E-state index is 0.544. The van der Waals surface area contributed by atoms with Gasteiger partial charge >= 0.3 is 5.97 Å². The van der Waals surface area contributed by atoms with Gasteiger partial charge in [0.05, 0.1) is 5.69 Å². The van der Waals surface area contributed by atoms with Crippen LogP contribution in [0.4, 0.5) is 5.69 Å². The molecule has 2 aromatic rings. The number of pyridine rings is 1. The molecule has 0 aliphatic carbocycles. The van der Waals surface area contributed by atoms with Crippen LogP contribution < -0.4 is 5.73 Å². The fourth-order valence-corrected chi connectivity index (χ4v) is 3.00. The number of aryl methyl sites for hydroxylation is 2. The molecule has 2 rings (SSSR count). The van der Waals surface area contributed by atoms with Gasteiger partial charge in [0.15, 0.2) is 0 Å². The van der Waals surface area contributed by atoms with Crippen molar-refractivity contribution in [2.45, 2.75) is 24.1 Å². The number of nitrogen functional groups attached to an aromatic ring is 1. The Labute approximate surface area is 122 Å². The number of anilines is 1. The highest BCUT2D eigenvalue weighted by atomic mass is 32.2. The summed E-state index contributed by atoms with van der Waals surface area (Å²) in [5.41, 5.74) is 9.02. The van der Waals surface area contributed by atoms with Crippen molar-refractivity contribution in [3.63, 3.8) is 0 Å². The van der Waals surface area contributed by atoms with Gasteiger partial charge in [0.25, 0.3) is 0 Å². The molecular formula is C15H16N2O2S. The van der Waals surface area contributed by atoms with Gasteiger partial charge in [-0.05, 0) is 31.0 Å². The highest BCUT2D eigenvalue weighted by molar-refractivity contribution is 8.00. The van der Waals surface area contributed by atoms with E-state index in [-0.39, 0.29) is 0 Å². The Hall–Kier alpha value is -2.01. The summed E-state index contributed by atoms with van der Waals surface area (Å²) in [5, 5.41) is 9.28. The predicted octanol–water partition coefficient (Wildman–Crippen LogP) is 3.20. The summed E-state index contributed by atoms with van der Waals surface area (Å²) in [5.74, 6) is -0.901. The molecule has 0 saturated heterocycles. The first kappa shape index (κ1) is 14.4. The van der Waals surface area contributed by atoms with Crippen LogP contribution in [0.5, 0.6) is 0 Å². The summed E-state index contributed by atoms with van der Waals surface area (Å²) in [6.07, 6.45) is 0. The number of thioether (sulfide) groups is 1. The number of hydrogen-bond acceptors (Lipinski definition) is 4. The fraction of sp³-hybridized carbons (Fsp3) is 0.200. The molecule has 1 unspecified atom stereocenters. The second-order valence-corrected chi connectivity index (χ2v) is 5.64. The monoisotopic (exact) mass is 288 g/mol. The summed E-state index contributed by atoms with van der Waals surface area (Å²) in [6.45, 7) is 3.77.